The highest BCUT2D eigenvalue weighted by Crippen LogP contribution is 2.22. The smallest absolute Gasteiger partial charge is 0.246 e. The van der Waals surface area contributed by atoms with E-state index in [1.54, 1.807) is 18.0 Å². The Labute approximate surface area is 115 Å². The van der Waals surface area contributed by atoms with Crippen LogP contribution in [0, 0.1) is 0 Å². The monoisotopic (exact) mass is 270 g/mol. The summed E-state index contributed by atoms with van der Waals surface area (Å²) in [6.45, 7) is 0.704. The van der Waals surface area contributed by atoms with Crippen LogP contribution in [-0.2, 0) is 4.79 Å². The van der Waals surface area contributed by atoms with E-state index in [2.05, 4.69) is 0 Å². The van der Waals surface area contributed by atoms with Crippen LogP contribution in [0.4, 0.5) is 0 Å². The molecule has 19 heavy (non-hydrogen) atoms. The standard InChI is InChI=1S/C14H26N2O3/c1-15(2)10-6-9-13(18)16(3)11-7-4-5-8-12(17)14(11)19/h6,9,11-12,14,17,19H,4-5,7-8,10H2,1-3H3/b9-6+/t11-,12-,14-/m1/s1. The zero-order chi connectivity index (χ0) is 14.4. The number of hydrogen-bond acceptors (Lipinski definition) is 4. The fourth-order valence-electron chi connectivity index (χ4n) is 2.37. The molecule has 0 radical (unpaired) electrons. The first-order valence-electron chi connectivity index (χ1n) is 6.87. The fraction of sp³-hybridized carbons (Fsp3) is 0.786. The average molecular weight is 270 g/mol. The van der Waals surface area contributed by atoms with Crippen molar-refractivity contribution in [3.8, 4) is 0 Å². The molecule has 0 saturated heterocycles. The molecule has 0 aliphatic heterocycles. The lowest BCUT2D eigenvalue weighted by molar-refractivity contribution is -0.131. The highest BCUT2D eigenvalue weighted by Gasteiger charge is 2.32. The molecule has 1 fully saturated rings. The van der Waals surface area contributed by atoms with Gasteiger partial charge in [0.15, 0.2) is 0 Å². The van der Waals surface area contributed by atoms with Gasteiger partial charge in [0.25, 0.3) is 0 Å². The van der Waals surface area contributed by atoms with Crippen LogP contribution in [0.3, 0.4) is 0 Å². The van der Waals surface area contributed by atoms with Crippen LogP contribution in [0.5, 0.6) is 0 Å². The number of aliphatic hydroxyl groups excluding tert-OH is 2. The average Bonchev–Trinajstić information content (AvgIpc) is 2.51. The Morgan fingerprint density at radius 2 is 1.84 bits per heavy atom. The van der Waals surface area contributed by atoms with Crippen molar-refractivity contribution in [3.05, 3.63) is 12.2 Å². The Hall–Kier alpha value is -0.910. The summed E-state index contributed by atoms with van der Waals surface area (Å²) < 4.78 is 0. The SMILES string of the molecule is CN(C)C/C=C/C(=O)N(C)[C@@H]1CCCC[C@@H](O)[C@@H]1O. The van der Waals surface area contributed by atoms with Crippen LogP contribution in [0.25, 0.3) is 0 Å². The van der Waals surface area contributed by atoms with Gasteiger partial charge in [-0.15, -0.1) is 0 Å². The summed E-state index contributed by atoms with van der Waals surface area (Å²) in [5, 5.41) is 19.9. The summed E-state index contributed by atoms with van der Waals surface area (Å²) in [6.07, 6.45) is 4.93. The van der Waals surface area contributed by atoms with E-state index in [9.17, 15) is 15.0 Å². The van der Waals surface area contributed by atoms with E-state index in [1.165, 1.54) is 6.08 Å². The number of amides is 1. The minimum absolute atomic E-state index is 0.125. The number of hydrogen-bond donors (Lipinski definition) is 2. The van der Waals surface area contributed by atoms with Gasteiger partial charge in [0.2, 0.25) is 5.91 Å². The molecule has 5 nitrogen and oxygen atoms in total. The fourth-order valence-corrected chi connectivity index (χ4v) is 2.37. The predicted octanol–water partition coefficient (Wildman–Crippen LogP) is 0.227. The second kappa shape index (κ2) is 7.62. The Kier molecular flexibility index (Phi) is 6.48. The predicted molar refractivity (Wildman–Crippen MR) is 74.7 cm³/mol. The van der Waals surface area contributed by atoms with E-state index in [-0.39, 0.29) is 11.9 Å². The van der Waals surface area contributed by atoms with Gasteiger partial charge in [-0.1, -0.05) is 18.9 Å². The molecule has 110 valence electrons. The Morgan fingerprint density at radius 3 is 2.47 bits per heavy atom. The second-order valence-electron chi connectivity index (χ2n) is 5.52. The lowest BCUT2D eigenvalue weighted by Crippen LogP contribution is -2.48. The largest absolute Gasteiger partial charge is 0.390 e. The van der Waals surface area contributed by atoms with Gasteiger partial charge in [-0.3, -0.25) is 4.79 Å². The zero-order valence-corrected chi connectivity index (χ0v) is 12.1. The highest BCUT2D eigenvalue weighted by atomic mass is 16.3. The van der Waals surface area contributed by atoms with Crippen molar-refractivity contribution in [3.63, 3.8) is 0 Å². The summed E-state index contributed by atoms with van der Waals surface area (Å²) in [7, 11) is 5.56. The van der Waals surface area contributed by atoms with Crippen LogP contribution in [0.1, 0.15) is 25.7 Å². The van der Waals surface area contributed by atoms with Crippen LogP contribution in [-0.4, -0.2) is 71.9 Å². The van der Waals surface area contributed by atoms with Crippen LogP contribution in [0.2, 0.25) is 0 Å². The number of nitrogens with zero attached hydrogens (tertiary/aromatic N) is 2. The zero-order valence-electron chi connectivity index (χ0n) is 12.1. The third-order valence-corrected chi connectivity index (χ3v) is 3.61. The summed E-state index contributed by atoms with van der Waals surface area (Å²) in [6, 6.07) is -0.297. The highest BCUT2D eigenvalue weighted by molar-refractivity contribution is 5.87. The Morgan fingerprint density at radius 1 is 1.21 bits per heavy atom. The molecule has 0 unspecified atom stereocenters. The molecule has 0 aromatic rings. The van der Waals surface area contributed by atoms with Gasteiger partial charge >= 0.3 is 0 Å². The minimum atomic E-state index is -0.848. The molecule has 0 aromatic carbocycles. The lowest BCUT2D eigenvalue weighted by Gasteiger charge is -2.31. The van der Waals surface area contributed by atoms with E-state index in [4.69, 9.17) is 0 Å². The normalized spacial score (nSPS) is 28.6. The maximum Gasteiger partial charge on any atom is 0.246 e. The quantitative estimate of drug-likeness (QED) is 0.567. The summed E-state index contributed by atoms with van der Waals surface area (Å²) in [4.78, 5) is 15.5. The molecule has 1 saturated carbocycles. The van der Waals surface area contributed by atoms with Crippen molar-refractivity contribution >= 4 is 5.91 Å². The van der Waals surface area contributed by atoms with E-state index in [0.29, 0.717) is 13.0 Å². The van der Waals surface area contributed by atoms with E-state index < -0.39 is 12.2 Å². The molecule has 3 atom stereocenters. The van der Waals surface area contributed by atoms with E-state index in [0.717, 1.165) is 19.3 Å². The number of aliphatic hydroxyl groups is 2. The Balaban J connectivity index is 2.61. The first-order chi connectivity index (χ1) is 8.93. The third kappa shape index (κ3) is 4.93. The number of rotatable bonds is 4. The minimum Gasteiger partial charge on any atom is -0.390 e. The number of likely N-dealkylation sites (N-methyl/N-ethyl adjacent to an activating group) is 2. The molecule has 1 rings (SSSR count). The molecule has 0 aromatic heterocycles. The van der Waals surface area contributed by atoms with Crippen LogP contribution < -0.4 is 0 Å². The van der Waals surface area contributed by atoms with Crippen molar-refractivity contribution in [2.45, 2.75) is 43.9 Å². The maximum absolute atomic E-state index is 12.0. The van der Waals surface area contributed by atoms with Gasteiger partial charge in [0, 0.05) is 19.7 Å². The second-order valence-corrected chi connectivity index (χ2v) is 5.52. The van der Waals surface area contributed by atoms with E-state index >= 15 is 0 Å². The van der Waals surface area contributed by atoms with Crippen LogP contribution >= 0.6 is 0 Å². The molecule has 1 aliphatic carbocycles. The lowest BCUT2D eigenvalue weighted by atomic mass is 10.0. The molecule has 1 amide bonds. The van der Waals surface area contributed by atoms with Gasteiger partial charge in [0.1, 0.15) is 6.10 Å². The molecule has 5 heteroatoms. The van der Waals surface area contributed by atoms with Crippen molar-refractivity contribution in [2.24, 2.45) is 0 Å². The van der Waals surface area contributed by atoms with Gasteiger partial charge in [-0.25, -0.2) is 0 Å². The summed E-state index contributed by atoms with van der Waals surface area (Å²) in [5.41, 5.74) is 0. The molecular weight excluding hydrogens is 244 g/mol. The first kappa shape index (κ1) is 16.1. The first-order valence-corrected chi connectivity index (χ1v) is 6.87. The van der Waals surface area contributed by atoms with Gasteiger partial charge in [-0.05, 0) is 26.9 Å². The third-order valence-electron chi connectivity index (χ3n) is 3.61. The van der Waals surface area contributed by atoms with E-state index in [1.807, 2.05) is 19.0 Å². The van der Waals surface area contributed by atoms with Crippen molar-refractivity contribution < 1.29 is 15.0 Å². The molecule has 0 heterocycles. The number of carbonyl (C=O) groups is 1. The molecule has 0 bridgehead atoms. The van der Waals surface area contributed by atoms with Crippen molar-refractivity contribution in [1.82, 2.24) is 9.80 Å². The number of carbonyl (C=O) groups excluding carboxylic acids is 1. The van der Waals surface area contributed by atoms with Crippen LogP contribution in [0.15, 0.2) is 12.2 Å². The summed E-state index contributed by atoms with van der Waals surface area (Å²) >= 11 is 0. The van der Waals surface area contributed by atoms with Gasteiger partial charge in [-0.2, -0.15) is 0 Å². The molecule has 1 aliphatic rings. The van der Waals surface area contributed by atoms with Gasteiger partial charge in [0.05, 0.1) is 12.1 Å². The molecule has 0 spiro atoms. The van der Waals surface area contributed by atoms with Crippen molar-refractivity contribution in [1.29, 1.82) is 0 Å². The maximum atomic E-state index is 12.0. The Bertz CT molecular complexity index is 318. The van der Waals surface area contributed by atoms with Gasteiger partial charge < -0.3 is 20.0 Å². The van der Waals surface area contributed by atoms with Crippen molar-refractivity contribution in [2.75, 3.05) is 27.7 Å². The summed E-state index contributed by atoms with van der Waals surface area (Å²) in [5.74, 6) is -0.125. The molecule has 2 N–H and O–H groups in total. The topological polar surface area (TPSA) is 64.0 Å². The molecular formula is C14H26N2O3.